The quantitative estimate of drug-likeness (QED) is 0.574. The summed E-state index contributed by atoms with van der Waals surface area (Å²) in [5.41, 5.74) is 0.327. The first kappa shape index (κ1) is 9.42. The Morgan fingerprint density at radius 2 is 1.71 bits per heavy atom. The average Bonchev–Trinajstić information content (AvgIpc) is 2.71. The third kappa shape index (κ3) is 1.86. The lowest BCUT2D eigenvalue weighted by molar-refractivity contribution is 0.425. The average molecular weight is 193 g/mol. The summed E-state index contributed by atoms with van der Waals surface area (Å²) in [5.74, 6) is 0.673. The van der Waals surface area contributed by atoms with Crippen molar-refractivity contribution in [2.75, 3.05) is 18.0 Å². The van der Waals surface area contributed by atoms with Crippen molar-refractivity contribution in [1.29, 1.82) is 0 Å². The maximum absolute atomic E-state index is 8.84. The molecule has 6 heteroatoms. The predicted molar refractivity (Wildman–Crippen MR) is 53.3 cm³/mol. The van der Waals surface area contributed by atoms with Crippen LogP contribution in [-0.4, -0.2) is 40.2 Å². The van der Waals surface area contributed by atoms with Gasteiger partial charge in [0.15, 0.2) is 0 Å². The largest absolute Gasteiger partial charge is 0.491 e. The Bertz CT molecular complexity index is 298. The fourth-order valence-corrected chi connectivity index (χ4v) is 1.54. The van der Waals surface area contributed by atoms with Crippen LogP contribution in [0, 0.1) is 0 Å². The van der Waals surface area contributed by atoms with Gasteiger partial charge in [-0.2, -0.15) is 0 Å². The highest BCUT2D eigenvalue weighted by Gasteiger charge is 2.16. The summed E-state index contributed by atoms with van der Waals surface area (Å²) in [6.45, 7) is 1.97. The van der Waals surface area contributed by atoms with Crippen LogP contribution >= 0.6 is 0 Å². The van der Waals surface area contributed by atoms with Crippen molar-refractivity contribution >= 4 is 18.5 Å². The van der Waals surface area contributed by atoms with Gasteiger partial charge in [-0.25, -0.2) is 9.97 Å². The molecule has 1 aromatic rings. The number of anilines is 1. The molecule has 0 unspecified atom stereocenters. The van der Waals surface area contributed by atoms with Crippen LogP contribution in [0.2, 0.25) is 0 Å². The summed E-state index contributed by atoms with van der Waals surface area (Å²) in [4.78, 5) is 10.2. The van der Waals surface area contributed by atoms with Crippen molar-refractivity contribution in [2.24, 2.45) is 0 Å². The number of hydrogen-bond acceptors (Lipinski definition) is 5. The fourth-order valence-electron chi connectivity index (χ4n) is 1.54. The lowest BCUT2D eigenvalue weighted by Crippen LogP contribution is -2.31. The molecule has 1 saturated heterocycles. The molecule has 1 aliphatic heterocycles. The van der Waals surface area contributed by atoms with Crippen LogP contribution < -0.4 is 10.4 Å². The Morgan fingerprint density at radius 3 is 2.21 bits per heavy atom. The van der Waals surface area contributed by atoms with Gasteiger partial charge in [0.2, 0.25) is 5.95 Å². The number of aromatic nitrogens is 2. The van der Waals surface area contributed by atoms with Crippen molar-refractivity contribution in [3.05, 3.63) is 12.4 Å². The highest BCUT2D eigenvalue weighted by atomic mass is 16.4. The van der Waals surface area contributed by atoms with Gasteiger partial charge in [0, 0.05) is 30.9 Å². The van der Waals surface area contributed by atoms with Gasteiger partial charge < -0.3 is 14.9 Å². The topological polar surface area (TPSA) is 69.5 Å². The minimum atomic E-state index is -1.48. The van der Waals surface area contributed by atoms with E-state index in [0.29, 0.717) is 11.4 Å². The lowest BCUT2D eigenvalue weighted by Gasteiger charge is -2.14. The Labute approximate surface area is 82.6 Å². The van der Waals surface area contributed by atoms with Crippen molar-refractivity contribution in [2.45, 2.75) is 12.8 Å². The second-order valence-electron chi connectivity index (χ2n) is 3.38. The molecule has 0 atom stereocenters. The smallest absolute Gasteiger partial charge is 0.423 e. The second kappa shape index (κ2) is 3.94. The molecule has 1 aliphatic rings. The molecule has 1 fully saturated rings. The minimum absolute atomic E-state index is 0.327. The molecule has 2 rings (SSSR count). The van der Waals surface area contributed by atoms with Crippen LogP contribution in [0.1, 0.15) is 12.8 Å². The van der Waals surface area contributed by atoms with Gasteiger partial charge in [-0.3, -0.25) is 0 Å². The summed E-state index contributed by atoms with van der Waals surface area (Å²) >= 11 is 0. The highest BCUT2D eigenvalue weighted by molar-refractivity contribution is 6.58. The lowest BCUT2D eigenvalue weighted by atomic mass is 9.83. The van der Waals surface area contributed by atoms with Crippen LogP contribution in [0.3, 0.4) is 0 Å². The van der Waals surface area contributed by atoms with E-state index in [2.05, 4.69) is 14.9 Å². The van der Waals surface area contributed by atoms with Gasteiger partial charge in [-0.15, -0.1) is 0 Å². The molecule has 0 aromatic carbocycles. The molecule has 2 heterocycles. The van der Waals surface area contributed by atoms with E-state index in [4.69, 9.17) is 10.0 Å². The molecule has 0 radical (unpaired) electrons. The third-order valence-electron chi connectivity index (χ3n) is 2.35. The normalized spacial score (nSPS) is 16.0. The van der Waals surface area contributed by atoms with E-state index in [1.807, 2.05) is 0 Å². The predicted octanol–water partition coefficient (Wildman–Crippen LogP) is -1.24. The van der Waals surface area contributed by atoms with Crippen LogP contribution in [0.15, 0.2) is 12.4 Å². The van der Waals surface area contributed by atoms with Crippen LogP contribution in [0.4, 0.5) is 5.95 Å². The van der Waals surface area contributed by atoms with Gasteiger partial charge in [-0.05, 0) is 12.8 Å². The molecule has 74 valence electrons. The molecular formula is C8H12BN3O2. The van der Waals surface area contributed by atoms with Gasteiger partial charge in [0.05, 0.1) is 0 Å². The SMILES string of the molecule is OB(O)c1cnc(N2CCCC2)nc1. The number of rotatable bonds is 2. The van der Waals surface area contributed by atoms with Crippen molar-refractivity contribution in [3.8, 4) is 0 Å². The monoisotopic (exact) mass is 193 g/mol. The summed E-state index contributed by atoms with van der Waals surface area (Å²) in [6, 6.07) is 0. The van der Waals surface area contributed by atoms with Crippen LogP contribution in [0.25, 0.3) is 0 Å². The molecule has 0 saturated carbocycles. The van der Waals surface area contributed by atoms with E-state index in [9.17, 15) is 0 Å². The Hall–Kier alpha value is -1.14. The molecular weight excluding hydrogens is 181 g/mol. The van der Waals surface area contributed by atoms with Crippen LogP contribution in [-0.2, 0) is 0 Å². The molecule has 0 spiro atoms. The summed E-state index contributed by atoms with van der Waals surface area (Å²) in [5, 5.41) is 17.7. The van der Waals surface area contributed by atoms with Gasteiger partial charge in [0.1, 0.15) is 0 Å². The first-order valence-electron chi connectivity index (χ1n) is 4.70. The first-order valence-corrected chi connectivity index (χ1v) is 4.70. The van der Waals surface area contributed by atoms with E-state index < -0.39 is 7.12 Å². The summed E-state index contributed by atoms with van der Waals surface area (Å²) in [7, 11) is -1.48. The van der Waals surface area contributed by atoms with E-state index >= 15 is 0 Å². The zero-order valence-corrected chi connectivity index (χ0v) is 7.80. The number of hydrogen-bond donors (Lipinski definition) is 2. The van der Waals surface area contributed by atoms with Gasteiger partial charge in [-0.1, -0.05) is 0 Å². The number of nitrogens with zero attached hydrogens (tertiary/aromatic N) is 3. The molecule has 1 aromatic heterocycles. The zero-order chi connectivity index (χ0) is 9.97. The van der Waals surface area contributed by atoms with E-state index in [-0.39, 0.29) is 0 Å². The maximum Gasteiger partial charge on any atom is 0.491 e. The molecule has 5 nitrogen and oxygen atoms in total. The van der Waals surface area contributed by atoms with Gasteiger partial charge >= 0.3 is 7.12 Å². The van der Waals surface area contributed by atoms with Crippen molar-refractivity contribution < 1.29 is 10.0 Å². The van der Waals surface area contributed by atoms with Crippen molar-refractivity contribution in [1.82, 2.24) is 9.97 Å². The van der Waals surface area contributed by atoms with E-state index in [0.717, 1.165) is 13.1 Å². The van der Waals surface area contributed by atoms with Crippen molar-refractivity contribution in [3.63, 3.8) is 0 Å². The molecule has 0 bridgehead atoms. The fraction of sp³-hybridized carbons (Fsp3) is 0.500. The Morgan fingerprint density at radius 1 is 1.14 bits per heavy atom. The second-order valence-corrected chi connectivity index (χ2v) is 3.38. The first-order chi connectivity index (χ1) is 6.77. The minimum Gasteiger partial charge on any atom is -0.423 e. The van der Waals surface area contributed by atoms with Gasteiger partial charge in [0.25, 0.3) is 0 Å². The highest BCUT2D eigenvalue weighted by Crippen LogP contribution is 2.13. The summed E-state index contributed by atoms with van der Waals surface area (Å²) in [6.07, 6.45) is 5.25. The standard InChI is InChI=1S/C8H12BN3O2/c13-9(14)7-5-10-8(11-6-7)12-3-1-2-4-12/h5-6,13-14H,1-4H2. The maximum atomic E-state index is 8.84. The zero-order valence-electron chi connectivity index (χ0n) is 7.80. The molecule has 0 amide bonds. The molecule has 0 aliphatic carbocycles. The van der Waals surface area contributed by atoms with E-state index in [1.165, 1.54) is 25.2 Å². The Kier molecular flexibility index (Phi) is 2.65. The molecule has 14 heavy (non-hydrogen) atoms. The third-order valence-corrected chi connectivity index (χ3v) is 2.35. The molecule has 2 N–H and O–H groups in total. The van der Waals surface area contributed by atoms with E-state index in [1.54, 1.807) is 0 Å². The Balaban J connectivity index is 2.12. The summed E-state index contributed by atoms with van der Waals surface area (Å²) < 4.78 is 0. The van der Waals surface area contributed by atoms with Crippen LogP contribution in [0.5, 0.6) is 0 Å².